The molecule has 7 heavy (non-hydrogen) atoms. The van der Waals surface area contributed by atoms with Crippen LogP contribution in [0.2, 0.25) is 0 Å². The van der Waals surface area contributed by atoms with Gasteiger partial charge in [0.1, 0.15) is 0 Å². The predicted molar refractivity (Wildman–Crippen MR) is 21.4 cm³/mol. The molecule has 7 heteroatoms. The fraction of sp³-hybridized carbons (Fsp3) is 0. The first kappa shape index (κ1) is 15.8. The summed E-state index contributed by atoms with van der Waals surface area (Å²) in [4.78, 5) is 21.6. The monoisotopic (exact) mass is 181 g/mol. The number of rotatable bonds is 0. The molecule has 0 unspecified atom stereocenters. The summed E-state index contributed by atoms with van der Waals surface area (Å²) in [6, 6.07) is 0. The van der Waals surface area contributed by atoms with Crippen molar-refractivity contribution in [2.45, 2.75) is 0 Å². The summed E-state index contributed by atoms with van der Waals surface area (Å²) in [5.74, 6) is 0. The molecule has 0 saturated heterocycles. The molecule has 43 valence electrons. The quantitative estimate of drug-likeness (QED) is 0.311. The fourth-order valence-corrected chi connectivity index (χ4v) is 0. The van der Waals surface area contributed by atoms with E-state index < -0.39 is 7.82 Å². The zero-order valence-electron chi connectivity index (χ0n) is 2.53. The van der Waals surface area contributed by atoms with Crippen molar-refractivity contribution in [2.24, 2.45) is 0 Å². The molecule has 1 radical (unpaired) electrons. The Kier molecular flexibility index (Phi) is 13.0. The van der Waals surface area contributed by atoms with Gasteiger partial charge in [0, 0.05) is 16.8 Å². The second-order valence-electron chi connectivity index (χ2n) is 0.513. The summed E-state index contributed by atoms with van der Waals surface area (Å²) < 4.78 is 8.88. The van der Waals surface area contributed by atoms with Crippen molar-refractivity contribution in [3.05, 3.63) is 0 Å². The zero-order chi connectivity index (χ0) is 4.50. The Morgan fingerprint density at radius 1 is 1.14 bits per heavy atom. The molecule has 0 aromatic rings. The molecule has 0 rings (SSSR count). The molecule has 0 aromatic carbocycles. The molecular weight excluding hydrogens is 177 g/mol. The van der Waals surface area contributed by atoms with Gasteiger partial charge in [-0.2, -0.15) is 0 Å². The van der Waals surface area contributed by atoms with E-state index in [0.29, 0.717) is 0 Å². The van der Waals surface area contributed by atoms with Crippen LogP contribution >= 0.6 is 7.82 Å². The maximum atomic E-state index is 8.88. The van der Waals surface area contributed by atoms with Crippen molar-refractivity contribution in [2.75, 3.05) is 0 Å². The number of phosphoric acid groups is 1. The van der Waals surface area contributed by atoms with Crippen molar-refractivity contribution >= 4 is 37.4 Å². The van der Waals surface area contributed by atoms with Crippen LogP contribution in [0.3, 0.4) is 0 Å². The number of hydrogen-bond donors (Lipinski definition) is 3. The van der Waals surface area contributed by atoms with E-state index in [0.717, 1.165) is 0 Å². The van der Waals surface area contributed by atoms with Crippen LogP contribution in [0.4, 0.5) is 0 Å². The van der Waals surface area contributed by atoms with Crippen LogP contribution in [0.5, 0.6) is 0 Å². The Morgan fingerprint density at radius 3 is 1.14 bits per heavy atom. The molecule has 0 bridgehead atoms. The average molecular weight is 181 g/mol. The van der Waals surface area contributed by atoms with E-state index in [4.69, 9.17) is 19.2 Å². The molecule has 0 amide bonds. The van der Waals surface area contributed by atoms with Gasteiger partial charge in [-0.05, 0) is 0 Å². The first-order valence-corrected chi connectivity index (χ1v) is 2.35. The van der Waals surface area contributed by atoms with Gasteiger partial charge in [0.05, 0.1) is 0 Å². The van der Waals surface area contributed by atoms with Gasteiger partial charge in [-0.3, -0.25) is 0 Å². The van der Waals surface area contributed by atoms with E-state index in [1.54, 1.807) is 0 Å². The normalized spacial score (nSPS) is 8.43. The van der Waals surface area contributed by atoms with Crippen molar-refractivity contribution in [3.63, 3.8) is 0 Å². The molecular formula is H4CoNaO4P. The summed E-state index contributed by atoms with van der Waals surface area (Å²) in [6.07, 6.45) is 0. The van der Waals surface area contributed by atoms with Gasteiger partial charge in [0.25, 0.3) is 0 Å². The third-order valence-electron chi connectivity index (χ3n) is 0. The van der Waals surface area contributed by atoms with Crippen molar-refractivity contribution in [3.8, 4) is 0 Å². The van der Waals surface area contributed by atoms with Crippen LogP contribution in [-0.4, -0.2) is 44.2 Å². The van der Waals surface area contributed by atoms with Crippen molar-refractivity contribution in [1.29, 1.82) is 0 Å². The van der Waals surface area contributed by atoms with Gasteiger partial charge < -0.3 is 14.7 Å². The molecule has 0 aromatic heterocycles. The van der Waals surface area contributed by atoms with E-state index in [-0.39, 0.29) is 46.3 Å². The van der Waals surface area contributed by atoms with Crippen molar-refractivity contribution < 1.29 is 36.0 Å². The van der Waals surface area contributed by atoms with E-state index in [1.165, 1.54) is 0 Å². The van der Waals surface area contributed by atoms with Crippen LogP contribution < -0.4 is 0 Å². The second kappa shape index (κ2) is 5.75. The predicted octanol–water partition coefficient (Wildman–Crippen LogP) is -1.58. The summed E-state index contributed by atoms with van der Waals surface area (Å²) >= 11 is 0. The minimum atomic E-state index is -4.64. The summed E-state index contributed by atoms with van der Waals surface area (Å²) in [6.45, 7) is 0. The third kappa shape index (κ3) is 91.9. The molecule has 0 atom stereocenters. The van der Waals surface area contributed by atoms with Crippen LogP contribution in [0.25, 0.3) is 0 Å². The minimum absolute atomic E-state index is 0. The molecule has 3 N–H and O–H groups in total. The Bertz CT molecular complexity index is 57.8. The molecule has 0 saturated carbocycles. The Balaban J connectivity index is -0.0000000800. The van der Waals surface area contributed by atoms with Crippen LogP contribution in [0, 0.1) is 0 Å². The fourth-order valence-electron chi connectivity index (χ4n) is 0. The van der Waals surface area contributed by atoms with E-state index >= 15 is 0 Å². The first-order valence-electron chi connectivity index (χ1n) is 0.783. The SMILES string of the molecule is O=P(O)(O)O.[Co].[NaH]. The van der Waals surface area contributed by atoms with Crippen LogP contribution in [0.15, 0.2) is 0 Å². The van der Waals surface area contributed by atoms with Gasteiger partial charge in [-0.25, -0.2) is 4.57 Å². The third-order valence-corrected chi connectivity index (χ3v) is 0. The standard InChI is InChI=1S/Co.Na.H3O4P.H/c;;1-5(2,3)4;/h;;(H3,1,2,3,4);. The summed E-state index contributed by atoms with van der Waals surface area (Å²) in [5.41, 5.74) is 0. The number of hydrogen-bond acceptors (Lipinski definition) is 1. The van der Waals surface area contributed by atoms with E-state index in [1.807, 2.05) is 0 Å². The summed E-state index contributed by atoms with van der Waals surface area (Å²) in [5, 5.41) is 0. The van der Waals surface area contributed by atoms with E-state index in [2.05, 4.69) is 0 Å². The molecule has 4 nitrogen and oxygen atoms in total. The van der Waals surface area contributed by atoms with Gasteiger partial charge >= 0.3 is 37.4 Å². The maximum absolute atomic E-state index is 8.88. The van der Waals surface area contributed by atoms with Gasteiger partial charge in [0.2, 0.25) is 0 Å². The Morgan fingerprint density at radius 2 is 1.14 bits per heavy atom. The molecule has 0 aliphatic rings. The topological polar surface area (TPSA) is 77.8 Å². The second-order valence-corrected chi connectivity index (χ2v) is 1.54. The molecule has 0 aliphatic carbocycles. The van der Waals surface area contributed by atoms with E-state index in [9.17, 15) is 0 Å². The zero-order valence-corrected chi connectivity index (χ0v) is 4.47. The first-order chi connectivity index (χ1) is 2.00. The molecule has 0 spiro atoms. The summed E-state index contributed by atoms with van der Waals surface area (Å²) in [7, 11) is -4.64. The molecule has 0 aliphatic heterocycles. The average Bonchev–Trinajstić information content (AvgIpc) is 0.722. The van der Waals surface area contributed by atoms with Crippen LogP contribution in [0.1, 0.15) is 0 Å². The Labute approximate surface area is 73.0 Å². The van der Waals surface area contributed by atoms with Gasteiger partial charge in [0.15, 0.2) is 0 Å². The molecule has 0 heterocycles. The van der Waals surface area contributed by atoms with Gasteiger partial charge in [-0.1, -0.05) is 0 Å². The Hall–Kier alpha value is 1.62. The molecule has 0 fully saturated rings. The van der Waals surface area contributed by atoms with Crippen LogP contribution in [-0.2, 0) is 21.3 Å². The van der Waals surface area contributed by atoms with Crippen molar-refractivity contribution in [1.82, 2.24) is 0 Å². The van der Waals surface area contributed by atoms with Gasteiger partial charge in [-0.15, -0.1) is 0 Å².